The largest absolute Gasteiger partial charge is 0.461 e. The van der Waals surface area contributed by atoms with Crippen LogP contribution in [0.15, 0.2) is 49.6 Å². The van der Waals surface area contributed by atoms with Crippen molar-refractivity contribution in [3.05, 3.63) is 54.6 Å². The second-order valence-corrected chi connectivity index (χ2v) is 11.9. The van der Waals surface area contributed by atoms with E-state index in [1.54, 1.807) is 45.8 Å². The number of benzene rings is 1. The highest BCUT2D eigenvalue weighted by Gasteiger charge is 2.76. The fourth-order valence-electron chi connectivity index (χ4n) is 6.37. The first kappa shape index (κ1) is 27.7. The molecule has 7 nitrogen and oxygen atoms in total. The summed E-state index contributed by atoms with van der Waals surface area (Å²) in [5.74, 6) is -1.96. The van der Waals surface area contributed by atoms with E-state index in [-0.39, 0.29) is 42.7 Å². The normalized spacial score (nSPS) is 29.8. The van der Waals surface area contributed by atoms with Crippen LogP contribution in [-0.2, 0) is 19.1 Å². The molecule has 0 aliphatic carbocycles. The second-order valence-electron chi connectivity index (χ2n) is 9.98. The molecule has 2 bridgehead atoms. The van der Waals surface area contributed by atoms with Crippen molar-refractivity contribution < 1.29 is 24.2 Å². The van der Waals surface area contributed by atoms with Crippen LogP contribution in [0, 0.1) is 17.8 Å². The van der Waals surface area contributed by atoms with E-state index in [1.807, 2.05) is 6.07 Å². The number of fused-ring (bicyclic) bond motifs is 1. The van der Waals surface area contributed by atoms with Gasteiger partial charge in [0.2, 0.25) is 5.91 Å². The lowest BCUT2D eigenvalue weighted by atomic mass is 9.66. The van der Waals surface area contributed by atoms with Crippen LogP contribution in [0.25, 0.3) is 0 Å². The van der Waals surface area contributed by atoms with Crippen LogP contribution in [0.2, 0.25) is 5.02 Å². The molecule has 0 saturated carbocycles. The van der Waals surface area contributed by atoms with E-state index in [9.17, 15) is 19.5 Å². The summed E-state index contributed by atoms with van der Waals surface area (Å²) in [7, 11) is 0. The minimum absolute atomic E-state index is 0.0492. The molecule has 37 heavy (non-hydrogen) atoms. The highest BCUT2D eigenvalue weighted by molar-refractivity contribution is 8.02. The number of aliphatic hydroxyl groups excluding tert-OH is 1. The summed E-state index contributed by atoms with van der Waals surface area (Å²) in [5, 5.41) is 9.58. The van der Waals surface area contributed by atoms with Gasteiger partial charge < -0.3 is 19.6 Å². The topological polar surface area (TPSA) is 87.2 Å². The van der Waals surface area contributed by atoms with Crippen molar-refractivity contribution in [3.63, 3.8) is 0 Å². The number of carbonyl (C=O) groups excluding carboxylic acids is 3. The number of likely N-dealkylation sites (tertiary alicyclic amines) is 1. The third-order valence-electron chi connectivity index (χ3n) is 7.87. The van der Waals surface area contributed by atoms with Crippen molar-refractivity contribution >= 4 is 46.8 Å². The highest BCUT2D eigenvalue weighted by Crippen LogP contribution is 2.68. The van der Waals surface area contributed by atoms with Gasteiger partial charge in [-0.25, -0.2) is 0 Å². The Bertz CT molecular complexity index is 1070. The lowest BCUT2D eigenvalue weighted by molar-refractivity contribution is -0.153. The van der Waals surface area contributed by atoms with Crippen molar-refractivity contribution in [2.75, 3.05) is 31.2 Å². The Morgan fingerprint density at radius 1 is 1.27 bits per heavy atom. The van der Waals surface area contributed by atoms with Gasteiger partial charge in [0.25, 0.3) is 5.91 Å². The number of para-hydroxylation sites is 1. The van der Waals surface area contributed by atoms with Gasteiger partial charge in [0.1, 0.15) is 12.6 Å². The Balaban J connectivity index is 1.77. The smallest absolute Gasteiger partial charge is 0.311 e. The van der Waals surface area contributed by atoms with Gasteiger partial charge in [0.05, 0.1) is 27.3 Å². The molecule has 9 heteroatoms. The molecule has 2 amide bonds. The lowest BCUT2D eigenvalue weighted by Gasteiger charge is -2.40. The minimum atomic E-state index is -0.752. The summed E-state index contributed by atoms with van der Waals surface area (Å²) in [6, 6.07) is 6.40. The third kappa shape index (κ3) is 4.72. The zero-order valence-electron chi connectivity index (χ0n) is 21.2. The van der Waals surface area contributed by atoms with Gasteiger partial charge in [0, 0.05) is 24.9 Å². The van der Waals surface area contributed by atoms with Crippen LogP contribution in [0.4, 0.5) is 5.69 Å². The molecular weight excluding hydrogens is 512 g/mol. The van der Waals surface area contributed by atoms with Gasteiger partial charge in [-0.05, 0) is 43.7 Å². The fourth-order valence-corrected chi connectivity index (χ4v) is 9.01. The number of hydrogen-bond acceptors (Lipinski definition) is 6. The predicted octanol–water partition coefficient (Wildman–Crippen LogP) is 4.09. The second kappa shape index (κ2) is 11.6. The van der Waals surface area contributed by atoms with Crippen molar-refractivity contribution in [1.29, 1.82) is 0 Å². The highest BCUT2D eigenvalue weighted by atomic mass is 35.5. The van der Waals surface area contributed by atoms with Crippen LogP contribution in [-0.4, -0.2) is 70.1 Å². The van der Waals surface area contributed by atoms with Gasteiger partial charge in [0.15, 0.2) is 0 Å². The Labute approximate surface area is 227 Å². The van der Waals surface area contributed by atoms with E-state index in [0.29, 0.717) is 30.1 Å². The molecule has 3 heterocycles. The standard InChI is InChI=1S/C28H35ClN2O5S/c1-4-13-30(20-12-8-7-11-19(20)29)26(34)24-28-18(3)17-21(37-28)22(27(35)36-16-5-2)23(28)25(33)31(24)14-9-6-10-15-32/h4-5,7-8,11-12,18,21-24,32H,1-2,6,9-10,13-17H2,3H3/t18?,21-,22+,23-,24?,28?/m0/s1. The zero-order chi connectivity index (χ0) is 26.7. The van der Waals surface area contributed by atoms with E-state index >= 15 is 0 Å². The molecule has 200 valence electrons. The molecule has 3 aliphatic heterocycles. The number of thioether (sulfide) groups is 1. The first-order valence-electron chi connectivity index (χ1n) is 12.9. The lowest BCUT2D eigenvalue weighted by Crippen LogP contribution is -2.57. The molecule has 1 aromatic carbocycles. The van der Waals surface area contributed by atoms with Crippen LogP contribution >= 0.6 is 23.4 Å². The van der Waals surface area contributed by atoms with E-state index in [4.69, 9.17) is 16.3 Å². The first-order chi connectivity index (χ1) is 17.8. The Morgan fingerprint density at radius 3 is 2.70 bits per heavy atom. The number of unbranched alkanes of at least 4 members (excludes halogenated alkanes) is 2. The predicted molar refractivity (Wildman–Crippen MR) is 146 cm³/mol. The molecule has 3 saturated heterocycles. The molecule has 4 rings (SSSR count). The number of carbonyl (C=O) groups is 3. The summed E-state index contributed by atoms with van der Waals surface area (Å²) in [4.78, 5) is 45.0. The Hall–Kier alpha value is -2.29. The van der Waals surface area contributed by atoms with Crippen molar-refractivity contribution in [2.45, 2.75) is 48.6 Å². The SMILES string of the molecule is C=CCOC(=O)[C@@H]1[C@@H]2CC(C)C3(S2)C(C(=O)N(CC=C)c2ccccc2Cl)N(CCCCCO)C(=O)[C@H]13. The number of rotatable bonds is 12. The van der Waals surface area contributed by atoms with E-state index in [0.717, 1.165) is 12.8 Å². The molecule has 3 aliphatic rings. The molecule has 6 atom stereocenters. The molecule has 3 unspecified atom stereocenters. The van der Waals surface area contributed by atoms with E-state index in [2.05, 4.69) is 20.1 Å². The van der Waals surface area contributed by atoms with Gasteiger partial charge in [-0.1, -0.05) is 49.4 Å². The number of aliphatic hydroxyl groups is 1. The fraction of sp³-hybridized carbons (Fsp3) is 0.536. The minimum Gasteiger partial charge on any atom is -0.461 e. The van der Waals surface area contributed by atoms with Crippen LogP contribution in [0.3, 0.4) is 0 Å². The zero-order valence-corrected chi connectivity index (χ0v) is 22.8. The Morgan fingerprint density at radius 2 is 2.03 bits per heavy atom. The summed E-state index contributed by atoms with van der Waals surface area (Å²) in [5.41, 5.74) is 0.564. The number of halogens is 1. The van der Waals surface area contributed by atoms with Gasteiger partial charge in [-0.3, -0.25) is 14.4 Å². The third-order valence-corrected chi connectivity index (χ3v) is 10.3. The maximum absolute atomic E-state index is 14.5. The molecule has 3 fully saturated rings. The quantitative estimate of drug-likeness (QED) is 0.241. The maximum atomic E-state index is 14.5. The average Bonchev–Trinajstić information content (AvgIpc) is 3.47. The van der Waals surface area contributed by atoms with Crippen LogP contribution in [0.5, 0.6) is 0 Å². The number of esters is 1. The number of nitrogens with zero attached hydrogens (tertiary/aromatic N) is 2. The molecule has 1 N–H and O–H groups in total. The molecule has 0 aromatic heterocycles. The van der Waals surface area contributed by atoms with Gasteiger partial charge in [-0.2, -0.15) is 0 Å². The number of hydrogen-bond donors (Lipinski definition) is 1. The first-order valence-corrected chi connectivity index (χ1v) is 14.1. The summed E-state index contributed by atoms with van der Waals surface area (Å²) in [6.45, 7) is 10.3. The number of amides is 2. The molecule has 0 radical (unpaired) electrons. The van der Waals surface area contributed by atoms with Crippen LogP contribution in [0.1, 0.15) is 32.6 Å². The Kier molecular flexibility index (Phi) is 8.71. The van der Waals surface area contributed by atoms with Crippen LogP contribution < -0.4 is 4.90 Å². The average molecular weight is 547 g/mol. The van der Waals surface area contributed by atoms with Crippen molar-refractivity contribution in [3.8, 4) is 0 Å². The van der Waals surface area contributed by atoms with E-state index < -0.39 is 28.6 Å². The summed E-state index contributed by atoms with van der Waals surface area (Å²) in [6.07, 6.45) is 5.91. The van der Waals surface area contributed by atoms with Crippen molar-refractivity contribution in [2.24, 2.45) is 17.8 Å². The molecular formula is C28H35ClN2O5S. The number of anilines is 1. The number of ether oxygens (including phenoxy) is 1. The van der Waals surface area contributed by atoms with Gasteiger partial charge in [-0.15, -0.1) is 18.3 Å². The summed E-state index contributed by atoms with van der Waals surface area (Å²) < 4.78 is 4.69. The maximum Gasteiger partial charge on any atom is 0.311 e. The van der Waals surface area contributed by atoms with E-state index in [1.165, 1.54) is 6.08 Å². The monoisotopic (exact) mass is 546 g/mol. The summed E-state index contributed by atoms with van der Waals surface area (Å²) >= 11 is 8.13. The molecule has 1 spiro atoms. The van der Waals surface area contributed by atoms with Crippen molar-refractivity contribution in [1.82, 2.24) is 4.90 Å². The van der Waals surface area contributed by atoms with Gasteiger partial charge >= 0.3 is 5.97 Å². The molecule has 1 aromatic rings.